The Kier molecular flexibility index (Phi) is 3.31. The van der Waals surface area contributed by atoms with Gasteiger partial charge in [0, 0.05) is 6.54 Å². The highest BCUT2D eigenvalue weighted by Crippen LogP contribution is 2.39. The van der Waals surface area contributed by atoms with E-state index in [1.165, 1.54) is 11.1 Å². The largest absolute Gasteiger partial charge is 0.390 e. The van der Waals surface area contributed by atoms with Gasteiger partial charge < -0.3 is 10.0 Å². The molecule has 0 saturated heterocycles. The van der Waals surface area contributed by atoms with E-state index in [1.807, 2.05) is 0 Å². The molecule has 1 aliphatic carbocycles. The zero-order valence-electron chi connectivity index (χ0n) is 10.2. The third-order valence-electron chi connectivity index (χ3n) is 3.20. The van der Waals surface area contributed by atoms with Crippen molar-refractivity contribution in [3.63, 3.8) is 0 Å². The zero-order chi connectivity index (χ0) is 11.6. The van der Waals surface area contributed by atoms with Crippen LogP contribution in [0.2, 0.25) is 0 Å². The summed E-state index contributed by atoms with van der Waals surface area (Å²) in [6.07, 6.45) is 3.89. The minimum atomic E-state index is -0.322. The van der Waals surface area contributed by atoms with E-state index in [0.717, 1.165) is 32.2 Å². The predicted molar refractivity (Wildman–Crippen MR) is 66.3 cm³/mol. The quantitative estimate of drug-likeness (QED) is 0.820. The third-order valence-corrected chi connectivity index (χ3v) is 3.20. The lowest BCUT2D eigenvalue weighted by Gasteiger charge is -2.12. The van der Waals surface area contributed by atoms with Gasteiger partial charge in [-0.2, -0.15) is 0 Å². The van der Waals surface area contributed by atoms with E-state index in [4.69, 9.17) is 0 Å². The van der Waals surface area contributed by atoms with E-state index in [9.17, 15) is 5.11 Å². The topological polar surface area (TPSA) is 23.5 Å². The minimum Gasteiger partial charge on any atom is -0.390 e. The molecule has 88 valence electrons. The summed E-state index contributed by atoms with van der Waals surface area (Å²) in [5, 5.41) is 9.80. The van der Waals surface area contributed by atoms with Gasteiger partial charge in [0.1, 0.15) is 0 Å². The van der Waals surface area contributed by atoms with Gasteiger partial charge in [0.2, 0.25) is 0 Å². The second kappa shape index (κ2) is 4.56. The van der Waals surface area contributed by atoms with Gasteiger partial charge in [-0.25, -0.2) is 0 Å². The molecular weight excluding hydrogens is 198 g/mol. The molecule has 0 radical (unpaired) electrons. The zero-order valence-corrected chi connectivity index (χ0v) is 10.2. The SMILES string of the molecule is CN(C)Cc1cccc(CCC2(O)CC2)c1. The van der Waals surface area contributed by atoms with Gasteiger partial charge in [-0.3, -0.25) is 0 Å². The van der Waals surface area contributed by atoms with Crippen molar-refractivity contribution in [3.05, 3.63) is 35.4 Å². The number of nitrogens with zero attached hydrogens (tertiary/aromatic N) is 1. The van der Waals surface area contributed by atoms with E-state index in [0.29, 0.717) is 0 Å². The predicted octanol–water partition coefficient (Wildman–Crippen LogP) is 2.21. The standard InChI is InChI=1S/C14H21NO/c1-15(2)11-13-5-3-4-12(10-13)6-7-14(16)8-9-14/h3-5,10,16H,6-9,11H2,1-2H3. The fourth-order valence-electron chi connectivity index (χ4n) is 2.02. The van der Waals surface area contributed by atoms with Crippen molar-refractivity contribution in [2.75, 3.05) is 14.1 Å². The molecule has 0 unspecified atom stereocenters. The number of hydrogen-bond acceptors (Lipinski definition) is 2. The first kappa shape index (κ1) is 11.6. The summed E-state index contributed by atoms with van der Waals surface area (Å²) in [6.45, 7) is 0.984. The summed E-state index contributed by atoms with van der Waals surface area (Å²) in [4.78, 5) is 2.17. The van der Waals surface area contributed by atoms with Gasteiger partial charge in [0.15, 0.2) is 0 Å². The normalized spacial score (nSPS) is 17.8. The van der Waals surface area contributed by atoms with Crippen LogP contribution >= 0.6 is 0 Å². The minimum absolute atomic E-state index is 0.322. The van der Waals surface area contributed by atoms with Crippen LogP contribution in [-0.2, 0) is 13.0 Å². The van der Waals surface area contributed by atoms with Crippen LogP contribution in [0.1, 0.15) is 30.4 Å². The highest BCUT2D eigenvalue weighted by molar-refractivity contribution is 5.24. The second-order valence-corrected chi connectivity index (χ2v) is 5.28. The van der Waals surface area contributed by atoms with Crippen molar-refractivity contribution in [3.8, 4) is 0 Å². The molecule has 0 heterocycles. The highest BCUT2D eigenvalue weighted by Gasteiger charge is 2.39. The molecule has 0 aliphatic heterocycles. The molecule has 0 aromatic heterocycles. The Morgan fingerprint density at radius 3 is 2.56 bits per heavy atom. The van der Waals surface area contributed by atoms with E-state index in [2.05, 4.69) is 43.3 Å². The number of hydrogen-bond donors (Lipinski definition) is 1. The molecule has 1 N–H and O–H groups in total. The first-order valence-electron chi connectivity index (χ1n) is 6.02. The summed E-state index contributed by atoms with van der Waals surface area (Å²) >= 11 is 0. The second-order valence-electron chi connectivity index (χ2n) is 5.28. The molecule has 2 rings (SSSR count). The molecule has 1 aliphatic rings. The van der Waals surface area contributed by atoms with Gasteiger partial charge in [0.05, 0.1) is 5.60 Å². The highest BCUT2D eigenvalue weighted by atomic mass is 16.3. The van der Waals surface area contributed by atoms with Crippen LogP contribution in [0.15, 0.2) is 24.3 Å². The van der Waals surface area contributed by atoms with Crippen molar-refractivity contribution in [1.82, 2.24) is 4.90 Å². The third kappa shape index (κ3) is 3.32. The average Bonchev–Trinajstić information content (AvgIpc) is 2.94. The van der Waals surface area contributed by atoms with E-state index < -0.39 is 0 Å². The molecular formula is C14H21NO. The monoisotopic (exact) mass is 219 g/mol. The van der Waals surface area contributed by atoms with Crippen LogP contribution in [0.25, 0.3) is 0 Å². The maximum absolute atomic E-state index is 9.80. The van der Waals surface area contributed by atoms with Crippen molar-refractivity contribution < 1.29 is 5.11 Å². The van der Waals surface area contributed by atoms with Crippen molar-refractivity contribution >= 4 is 0 Å². The maximum Gasteiger partial charge on any atom is 0.0653 e. The van der Waals surface area contributed by atoms with Crippen LogP contribution in [-0.4, -0.2) is 29.7 Å². The molecule has 0 spiro atoms. The van der Waals surface area contributed by atoms with Gasteiger partial charge in [0.25, 0.3) is 0 Å². The lowest BCUT2D eigenvalue weighted by molar-refractivity contribution is 0.140. The first-order valence-corrected chi connectivity index (χ1v) is 6.02. The fourth-order valence-corrected chi connectivity index (χ4v) is 2.02. The lowest BCUT2D eigenvalue weighted by atomic mass is 10.0. The van der Waals surface area contributed by atoms with Gasteiger partial charge >= 0.3 is 0 Å². The molecule has 0 bridgehead atoms. The Balaban J connectivity index is 1.93. The van der Waals surface area contributed by atoms with Gasteiger partial charge in [-0.1, -0.05) is 24.3 Å². The summed E-state index contributed by atoms with van der Waals surface area (Å²) in [5.41, 5.74) is 2.38. The number of rotatable bonds is 5. The molecule has 1 aromatic rings. The molecule has 0 amide bonds. The summed E-state index contributed by atoms with van der Waals surface area (Å²) in [5.74, 6) is 0. The molecule has 1 saturated carbocycles. The van der Waals surface area contributed by atoms with E-state index in [1.54, 1.807) is 0 Å². The van der Waals surface area contributed by atoms with Crippen LogP contribution in [0.4, 0.5) is 0 Å². The van der Waals surface area contributed by atoms with Crippen LogP contribution in [0.5, 0.6) is 0 Å². The molecule has 0 atom stereocenters. The Labute approximate surface area is 97.9 Å². The Hall–Kier alpha value is -0.860. The molecule has 1 fully saturated rings. The average molecular weight is 219 g/mol. The summed E-state index contributed by atoms with van der Waals surface area (Å²) < 4.78 is 0. The number of aryl methyl sites for hydroxylation is 1. The van der Waals surface area contributed by atoms with Gasteiger partial charge in [-0.05, 0) is 50.9 Å². The smallest absolute Gasteiger partial charge is 0.0653 e. The first-order chi connectivity index (χ1) is 7.57. The summed E-state index contributed by atoms with van der Waals surface area (Å²) in [7, 11) is 4.17. The van der Waals surface area contributed by atoms with E-state index in [-0.39, 0.29) is 5.60 Å². The molecule has 2 heteroatoms. The number of benzene rings is 1. The fraction of sp³-hybridized carbons (Fsp3) is 0.571. The molecule has 1 aromatic carbocycles. The Bertz CT molecular complexity index is 356. The van der Waals surface area contributed by atoms with E-state index >= 15 is 0 Å². The number of aliphatic hydroxyl groups is 1. The maximum atomic E-state index is 9.80. The van der Waals surface area contributed by atoms with Crippen LogP contribution in [0, 0.1) is 0 Å². The van der Waals surface area contributed by atoms with Gasteiger partial charge in [-0.15, -0.1) is 0 Å². The molecule has 16 heavy (non-hydrogen) atoms. The van der Waals surface area contributed by atoms with Crippen LogP contribution < -0.4 is 0 Å². The van der Waals surface area contributed by atoms with Crippen LogP contribution in [0.3, 0.4) is 0 Å². The Morgan fingerprint density at radius 1 is 1.25 bits per heavy atom. The summed E-state index contributed by atoms with van der Waals surface area (Å²) in [6, 6.07) is 8.69. The Morgan fingerprint density at radius 2 is 1.94 bits per heavy atom. The lowest BCUT2D eigenvalue weighted by Crippen LogP contribution is -2.11. The van der Waals surface area contributed by atoms with Crippen molar-refractivity contribution in [2.24, 2.45) is 0 Å². The molecule has 2 nitrogen and oxygen atoms in total. The van der Waals surface area contributed by atoms with Crippen molar-refractivity contribution in [1.29, 1.82) is 0 Å². The van der Waals surface area contributed by atoms with Crippen molar-refractivity contribution in [2.45, 2.75) is 37.8 Å².